The topological polar surface area (TPSA) is 42.1 Å². The quantitative estimate of drug-likeness (QED) is 0.930. The Morgan fingerprint density at radius 2 is 2.24 bits per heavy atom. The standard InChI is InChI=1S/C11H11BrClN3S/c1-16(6-7-2-3-10(13)17-7)11-8(12)4-15-5-9(11)14/h2-5H,6,14H2,1H3. The van der Waals surface area contributed by atoms with Gasteiger partial charge in [0.25, 0.3) is 0 Å². The monoisotopic (exact) mass is 331 g/mol. The number of hydrogen-bond acceptors (Lipinski definition) is 4. The minimum atomic E-state index is 0.657. The van der Waals surface area contributed by atoms with Gasteiger partial charge in [0.2, 0.25) is 0 Å². The molecule has 0 unspecified atom stereocenters. The zero-order valence-electron chi connectivity index (χ0n) is 9.15. The fourth-order valence-corrected chi connectivity index (χ4v) is 3.39. The van der Waals surface area contributed by atoms with Gasteiger partial charge >= 0.3 is 0 Å². The number of anilines is 2. The summed E-state index contributed by atoms with van der Waals surface area (Å²) in [6, 6.07) is 3.93. The third-order valence-electron chi connectivity index (χ3n) is 2.30. The molecule has 17 heavy (non-hydrogen) atoms. The Bertz CT molecular complexity index is 509. The minimum Gasteiger partial charge on any atom is -0.396 e. The summed E-state index contributed by atoms with van der Waals surface area (Å²) in [6.07, 6.45) is 3.39. The van der Waals surface area contributed by atoms with E-state index in [1.165, 1.54) is 4.88 Å². The van der Waals surface area contributed by atoms with Gasteiger partial charge in [-0.2, -0.15) is 0 Å². The van der Waals surface area contributed by atoms with Crippen molar-refractivity contribution in [3.05, 3.63) is 38.2 Å². The van der Waals surface area contributed by atoms with Crippen LogP contribution in [0.1, 0.15) is 4.88 Å². The summed E-state index contributed by atoms with van der Waals surface area (Å²) < 4.78 is 1.69. The van der Waals surface area contributed by atoms with Gasteiger partial charge in [0.1, 0.15) is 0 Å². The van der Waals surface area contributed by atoms with Crippen molar-refractivity contribution in [2.45, 2.75) is 6.54 Å². The molecule has 90 valence electrons. The SMILES string of the molecule is CN(Cc1ccc(Cl)s1)c1c(N)cncc1Br. The first-order valence-corrected chi connectivity index (χ1v) is 6.91. The number of hydrogen-bond donors (Lipinski definition) is 1. The molecule has 0 spiro atoms. The molecule has 0 atom stereocenters. The Morgan fingerprint density at radius 1 is 1.47 bits per heavy atom. The van der Waals surface area contributed by atoms with Gasteiger partial charge < -0.3 is 10.6 Å². The van der Waals surface area contributed by atoms with Gasteiger partial charge in [0.15, 0.2) is 0 Å². The van der Waals surface area contributed by atoms with Crippen molar-refractivity contribution in [3.63, 3.8) is 0 Å². The molecule has 0 aromatic carbocycles. The highest BCUT2D eigenvalue weighted by molar-refractivity contribution is 9.10. The lowest BCUT2D eigenvalue weighted by Crippen LogP contribution is -2.17. The molecule has 0 radical (unpaired) electrons. The first-order valence-electron chi connectivity index (χ1n) is 4.92. The number of thiophene rings is 1. The van der Waals surface area contributed by atoms with Crippen molar-refractivity contribution in [1.82, 2.24) is 4.98 Å². The number of nitrogens with zero attached hydrogens (tertiary/aromatic N) is 2. The van der Waals surface area contributed by atoms with E-state index < -0.39 is 0 Å². The fraction of sp³-hybridized carbons (Fsp3) is 0.182. The molecule has 0 saturated heterocycles. The zero-order valence-corrected chi connectivity index (χ0v) is 12.3. The maximum Gasteiger partial charge on any atom is 0.0931 e. The normalized spacial score (nSPS) is 10.5. The molecule has 2 heterocycles. The largest absolute Gasteiger partial charge is 0.396 e. The second-order valence-electron chi connectivity index (χ2n) is 3.62. The maximum absolute atomic E-state index is 5.92. The van der Waals surface area contributed by atoms with Crippen LogP contribution in [0.25, 0.3) is 0 Å². The highest BCUT2D eigenvalue weighted by Crippen LogP contribution is 2.32. The van der Waals surface area contributed by atoms with Crippen LogP contribution in [0.2, 0.25) is 4.34 Å². The number of pyridine rings is 1. The van der Waals surface area contributed by atoms with E-state index in [9.17, 15) is 0 Å². The Morgan fingerprint density at radius 3 is 2.82 bits per heavy atom. The van der Waals surface area contributed by atoms with Crippen LogP contribution < -0.4 is 10.6 Å². The molecule has 0 saturated carbocycles. The Balaban J connectivity index is 2.22. The molecule has 6 heteroatoms. The average Bonchev–Trinajstić information content (AvgIpc) is 2.63. The van der Waals surface area contributed by atoms with Gasteiger partial charge in [-0.1, -0.05) is 11.6 Å². The van der Waals surface area contributed by atoms with E-state index in [4.69, 9.17) is 17.3 Å². The van der Waals surface area contributed by atoms with Crippen molar-refractivity contribution < 1.29 is 0 Å². The summed E-state index contributed by atoms with van der Waals surface area (Å²) in [5.74, 6) is 0. The predicted octanol–water partition coefficient (Wildman–Crippen LogP) is 3.78. The van der Waals surface area contributed by atoms with E-state index >= 15 is 0 Å². The second-order valence-corrected chi connectivity index (χ2v) is 6.28. The molecule has 0 amide bonds. The molecule has 3 nitrogen and oxygen atoms in total. The summed E-state index contributed by atoms with van der Waals surface area (Å²) in [6.45, 7) is 0.768. The van der Waals surface area contributed by atoms with Crippen LogP contribution in [0.15, 0.2) is 29.0 Å². The van der Waals surface area contributed by atoms with Crippen LogP contribution in [0.4, 0.5) is 11.4 Å². The second kappa shape index (κ2) is 5.25. The van der Waals surface area contributed by atoms with Crippen LogP contribution in [0.5, 0.6) is 0 Å². The molecule has 2 aromatic heterocycles. The summed E-state index contributed by atoms with van der Waals surface area (Å²) in [4.78, 5) is 7.29. The zero-order chi connectivity index (χ0) is 12.4. The van der Waals surface area contributed by atoms with Gasteiger partial charge in [0.05, 0.1) is 32.9 Å². The minimum absolute atomic E-state index is 0.657. The highest BCUT2D eigenvalue weighted by Gasteiger charge is 2.11. The van der Waals surface area contributed by atoms with Crippen molar-refractivity contribution in [1.29, 1.82) is 0 Å². The van der Waals surface area contributed by atoms with Gasteiger partial charge in [0, 0.05) is 18.1 Å². The van der Waals surface area contributed by atoms with Crippen LogP contribution in [0.3, 0.4) is 0 Å². The molecule has 0 bridgehead atoms. The number of nitrogens with two attached hydrogens (primary N) is 1. The molecule has 2 aromatic rings. The average molecular weight is 333 g/mol. The summed E-state index contributed by atoms with van der Waals surface area (Å²) in [5.41, 5.74) is 7.53. The molecular formula is C11H11BrClN3S. The van der Waals surface area contributed by atoms with Crippen molar-refractivity contribution in [3.8, 4) is 0 Å². The molecule has 0 aliphatic rings. The van der Waals surface area contributed by atoms with E-state index in [1.54, 1.807) is 23.7 Å². The Labute approximate surface area is 117 Å². The Hall–Kier alpha value is -0.780. The Kier molecular flexibility index (Phi) is 3.91. The van der Waals surface area contributed by atoms with Crippen molar-refractivity contribution in [2.75, 3.05) is 17.7 Å². The lowest BCUT2D eigenvalue weighted by molar-refractivity contribution is 0.936. The van der Waals surface area contributed by atoms with Gasteiger partial charge in [-0.05, 0) is 28.1 Å². The predicted molar refractivity (Wildman–Crippen MR) is 77.8 cm³/mol. The van der Waals surface area contributed by atoms with Gasteiger partial charge in [-0.3, -0.25) is 4.98 Å². The van der Waals surface area contributed by atoms with E-state index in [1.807, 2.05) is 19.2 Å². The molecule has 2 rings (SSSR count). The third kappa shape index (κ3) is 2.91. The number of halogens is 2. The lowest BCUT2D eigenvalue weighted by atomic mass is 10.3. The smallest absolute Gasteiger partial charge is 0.0931 e. The number of aromatic nitrogens is 1. The van der Waals surface area contributed by atoms with Crippen LogP contribution in [0, 0.1) is 0 Å². The van der Waals surface area contributed by atoms with E-state index in [0.29, 0.717) is 5.69 Å². The van der Waals surface area contributed by atoms with Crippen LogP contribution >= 0.6 is 38.9 Å². The fourth-order valence-electron chi connectivity index (χ4n) is 1.60. The summed E-state index contributed by atoms with van der Waals surface area (Å²) in [7, 11) is 1.99. The number of rotatable bonds is 3. The maximum atomic E-state index is 5.92. The summed E-state index contributed by atoms with van der Waals surface area (Å²) in [5, 5.41) is 0. The lowest BCUT2D eigenvalue weighted by Gasteiger charge is -2.21. The molecule has 0 aliphatic carbocycles. The molecular weight excluding hydrogens is 322 g/mol. The molecule has 0 fully saturated rings. The first-order chi connectivity index (χ1) is 8.08. The van der Waals surface area contributed by atoms with Crippen LogP contribution in [-0.4, -0.2) is 12.0 Å². The first kappa shape index (κ1) is 12.7. The van der Waals surface area contributed by atoms with Crippen molar-refractivity contribution in [2.24, 2.45) is 0 Å². The van der Waals surface area contributed by atoms with E-state index in [-0.39, 0.29) is 0 Å². The third-order valence-corrected chi connectivity index (χ3v) is 4.10. The van der Waals surface area contributed by atoms with E-state index in [0.717, 1.165) is 21.0 Å². The molecule has 0 aliphatic heterocycles. The molecule has 2 N–H and O–H groups in total. The van der Waals surface area contributed by atoms with Gasteiger partial charge in [-0.25, -0.2) is 0 Å². The van der Waals surface area contributed by atoms with E-state index in [2.05, 4.69) is 25.8 Å². The number of nitrogen functional groups attached to an aromatic ring is 1. The van der Waals surface area contributed by atoms with Crippen molar-refractivity contribution >= 4 is 50.2 Å². The highest BCUT2D eigenvalue weighted by atomic mass is 79.9. The van der Waals surface area contributed by atoms with Gasteiger partial charge in [-0.15, -0.1) is 11.3 Å². The van der Waals surface area contributed by atoms with Crippen LogP contribution in [-0.2, 0) is 6.54 Å². The summed E-state index contributed by atoms with van der Waals surface area (Å²) >= 11 is 10.9.